The molecule has 0 aliphatic heterocycles. The first kappa shape index (κ1) is 15.8. The highest BCUT2D eigenvalue weighted by Crippen LogP contribution is 2.31. The first-order valence-corrected chi connectivity index (χ1v) is 7.29. The van der Waals surface area contributed by atoms with Gasteiger partial charge in [0.05, 0.1) is 6.61 Å². The van der Waals surface area contributed by atoms with Gasteiger partial charge in [0.2, 0.25) is 0 Å². The molecule has 0 saturated carbocycles. The number of hydrogen-bond acceptors (Lipinski definition) is 1. The Kier molecular flexibility index (Phi) is 5.65. The molecule has 106 valence electrons. The van der Waals surface area contributed by atoms with E-state index in [0.717, 1.165) is 25.2 Å². The number of benzene rings is 1. The highest BCUT2D eigenvalue weighted by atomic mass is 16.5. The minimum absolute atomic E-state index is 0.139. The highest BCUT2D eigenvalue weighted by molar-refractivity contribution is 5.40. The molecular formula is C18H28O. The van der Waals surface area contributed by atoms with E-state index < -0.39 is 0 Å². The van der Waals surface area contributed by atoms with E-state index in [4.69, 9.17) is 4.74 Å². The molecule has 0 fully saturated rings. The van der Waals surface area contributed by atoms with Crippen molar-refractivity contribution in [1.82, 2.24) is 0 Å². The summed E-state index contributed by atoms with van der Waals surface area (Å²) in [6, 6.07) is 6.60. The van der Waals surface area contributed by atoms with Crippen LogP contribution in [0.1, 0.15) is 64.5 Å². The summed E-state index contributed by atoms with van der Waals surface area (Å²) < 4.78 is 5.88. The van der Waals surface area contributed by atoms with Crippen LogP contribution in [0.25, 0.3) is 0 Å². The van der Waals surface area contributed by atoms with E-state index in [9.17, 15) is 0 Å². The lowest BCUT2D eigenvalue weighted by atomic mass is 9.84. The van der Waals surface area contributed by atoms with Gasteiger partial charge in [-0.2, -0.15) is 0 Å². The largest absolute Gasteiger partial charge is 0.494 e. The Morgan fingerprint density at radius 2 is 1.95 bits per heavy atom. The van der Waals surface area contributed by atoms with Crippen LogP contribution in [0, 0.1) is 0 Å². The molecular weight excluding hydrogens is 232 g/mol. The maximum Gasteiger partial charge on any atom is 0.119 e. The number of allylic oxidation sites excluding steroid dienone is 1. The van der Waals surface area contributed by atoms with Crippen molar-refractivity contribution in [2.75, 3.05) is 6.61 Å². The Bertz CT molecular complexity index is 412. The smallest absolute Gasteiger partial charge is 0.119 e. The van der Waals surface area contributed by atoms with E-state index in [1.165, 1.54) is 11.1 Å². The molecule has 0 aliphatic carbocycles. The van der Waals surface area contributed by atoms with Gasteiger partial charge in [-0.3, -0.25) is 0 Å². The van der Waals surface area contributed by atoms with Crippen molar-refractivity contribution in [3.63, 3.8) is 0 Å². The van der Waals surface area contributed by atoms with E-state index in [-0.39, 0.29) is 5.41 Å². The minimum Gasteiger partial charge on any atom is -0.494 e. The lowest BCUT2D eigenvalue weighted by molar-refractivity contribution is 0.308. The van der Waals surface area contributed by atoms with Crippen molar-refractivity contribution in [3.8, 4) is 5.75 Å². The average molecular weight is 260 g/mol. The summed E-state index contributed by atoms with van der Waals surface area (Å²) in [5.74, 6) is 1.35. The lowest BCUT2D eigenvalue weighted by Gasteiger charge is -2.22. The summed E-state index contributed by atoms with van der Waals surface area (Å²) in [7, 11) is 0. The minimum atomic E-state index is 0.139. The Balaban J connectivity index is 3.06. The summed E-state index contributed by atoms with van der Waals surface area (Å²) in [5.41, 5.74) is 2.75. The van der Waals surface area contributed by atoms with Crippen molar-refractivity contribution >= 4 is 0 Å². The number of hydrogen-bond donors (Lipinski definition) is 0. The van der Waals surface area contributed by atoms with E-state index in [1.807, 2.05) is 6.08 Å². The van der Waals surface area contributed by atoms with Gasteiger partial charge < -0.3 is 4.74 Å². The molecule has 0 aliphatic rings. The maximum absolute atomic E-state index is 5.88. The molecule has 1 aromatic carbocycles. The van der Waals surface area contributed by atoms with Gasteiger partial charge in [0.15, 0.2) is 0 Å². The van der Waals surface area contributed by atoms with E-state index in [1.54, 1.807) is 0 Å². The SMILES string of the molecule is C=CC(C)c1cc(OCCCC)cc(C(C)(C)C)c1. The van der Waals surface area contributed by atoms with E-state index in [2.05, 4.69) is 59.4 Å². The second-order valence-corrected chi connectivity index (χ2v) is 6.27. The first-order valence-electron chi connectivity index (χ1n) is 7.29. The average Bonchev–Trinajstić information content (AvgIpc) is 2.36. The molecule has 0 saturated heterocycles. The van der Waals surface area contributed by atoms with Gasteiger partial charge >= 0.3 is 0 Å². The molecule has 1 heteroatoms. The molecule has 19 heavy (non-hydrogen) atoms. The van der Waals surface area contributed by atoms with Crippen molar-refractivity contribution in [2.24, 2.45) is 0 Å². The van der Waals surface area contributed by atoms with Crippen LogP contribution in [-0.2, 0) is 5.41 Å². The third-order valence-electron chi connectivity index (χ3n) is 3.44. The zero-order valence-corrected chi connectivity index (χ0v) is 13.1. The molecule has 1 nitrogen and oxygen atoms in total. The van der Waals surface area contributed by atoms with Crippen LogP contribution in [-0.4, -0.2) is 6.61 Å². The van der Waals surface area contributed by atoms with Crippen molar-refractivity contribution in [3.05, 3.63) is 42.0 Å². The zero-order valence-electron chi connectivity index (χ0n) is 13.1. The second-order valence-electron chi connectivity index (χ2n) is 6.27. The van der Waals surface area contributed by atoms with Crippen LogP contribution in [0.15, 0.2) is 30.9 Å². The van der Waals surface area contributed by atoms with Crippen molar-refractivity contribution in [2.45, 2.75) is 58.8 Å². The Morgan fingerprint density at radius 1 is 1.26 bits per heavy atom. The fourth-order valence-electron chi connectivity index (χ4n) is 1.87. The molecule has 0 aromatic heterocycles. The van der Waals surface area contributed by atoms with Crippen LogP contribution in [0.3, 0.4) is 0 Å². The normalized spacial score (nSPS) is 13.1. The molecule has 1 aromatic rings. The molecule has 0 amide bonds. The summed E-state index contributed by atoms with van der Waals surface area (Å²) in [4.78, 5) is 0. The maximum atomic E-state index is 5.88. The van der Waals surface area contributed by atoms with Gasteiger partial charge in [0.25, 0.3) is 0 Å². The molecule has 0 spiro atoms. The quantitative estimate of drug-likeness (QED) is 0.488. The van der Waals surface area contributed by atoms with Gasteiger partial charge in [-0.15, -0.1) is 6.58 Å². The van der Waals surface area contributed by atoms with Crippen molar-refractivity contribution < 1.29 is 4.74 Å². The van der Waals surface area contributed by atoms with Crippen LogP contribution in [0.4, 0.5) is 0 Å². The third kappa shape index (κ3) is 4.74. The monoisotopic (exact) mass is 260 g/mol. The second kappa shape index (κ2) is 6.79. The lowest BCUT2D eigenvalue weighted by Crippen LogP contribution is -2.12. The fourth-order valence-corrected chi connectivity index (χ4v) is 1.87. The van der Waals surface area contributed by atoms with Gasteiger partial charge in [0.1, 0.15) is 5.75 Å². The highest BCUT2D eigenvalue weighted by Gasteiger charge is 2.17. The molecule has 1 unspecified atom stereocenters. The predicted octanol–water partition coefficient (Wildman–Crippen LogP) is 5.45. The van der Waals surface area contributed by atoms with Gasteiger partial charge in [-0.25, -0.2) is 0 Å². The fraction of sp³-hybridized carbons (Fsp3) is 0.556. The topological polar surface area (TPSA) is 9.23 Å². The summed E-state index contributed by atoms with van der Waals surface area (Å²) in [5, 5.41) is 0. The van der Waals surface area contributed by atoms with Gasteiger partial charge in [-0.1, -0.05) is 53.2 Å². The number of ether oxygens (including phenoxy) is 1. The summed E-state index contributed by atoms with van der Waals surface area (Å²) in [6.45, 7) is 15.8. The van der Waals surface area contributed by atoms with Gasteiger partial charge in [0, 0.05) is 0 Å². The molecule has 0 bridgehead atoms. The molecule has 0 radical (unpaired) electrons. The number of unbranched alkanes of at least 4 members (excludes halogenated alkanes) is 1. The van der Waals surface area contributed by atoms with Crippen LogP contribution < -0.4 is 4.74 Å². The Hall–Kier alpha value is -1.24. The van der Waals surface area contributed by atoms with Crippen LogP contribution in [0.2, 0.25) is 0 Å². The first-order chi connectivity index (χ1) is 8.88. The van der Waals surface area contributed by atoms with E-state index in [0.29, 0.717) is 5.92 Å². The zero-order chi connectivity index (χ0) is 14.5. The molecule has 0 N–H and O–H groups in total. The third-order valence-corrected chi connectivity index (χ3v) is 3.44. The predicted molar refractivity (Wildman–Crippen MR) is 84.2 cm³/mol. The van der Waals surface area contributed by atoms with E-state index >= 15 is 0 Å². The Labute approximate surface area is 118 Å². The van der Waals surface area contributed by atoms with Crippen LogP contribution >= 0.6 is 0 Å². The van der Waals surface area contributed by atoms with Crippen molar-refractivity contribution in [1.29, 1.82) is 0 Å². The van der Waals surface area contributed by atoms with Gasteiger partial charge in [-0.05, 0) is 41.0 Å². The summed E-state index contributed by atoms with van der Waals surface area (Å²) in [6.07, 6.45) is 4.25. The molecule has 0 heterocycles. The standard InChI is InChI=1S/C18H28O/c1-7-9-10-19-17-12-15(14(3)8-2)11-16(13-17)18(4,5)6/h8,11-14H,2,7,9-10H2,1,3-6H3. The molecule has 1 atom stereocenters. The summed E-state index contributed by atoms with van der Waals surface area (Å²) >= 11 is 0. The Morgan fingerprint density at radius 3 is 2.47 bits per heavy atom. The van der Waals surface area contributed by atoms with Crippen LogP contribution in [0.5, 0.6) is 5.75 Å². The number of rotatable bonds is 6. The molecule has 1 rings (SSSR count).